The number of nitrogen functional groups attached to an aromatic ring is 1. The van der Waals surface area contributed by atoms with E-state index in [0.29, 0.717) is 18.8 Å². The van der Waals surface area contributed by atoms with Crippen LogP contribution in [0.25, 0.3) is 22.0 Å². The molecule has 8 heteroatoms. The van der Waals surface area contributed by atoms with Gasteiger partial charge in [-0.3, -0.25) is 14.7 Å². The van der Waals surface area contributed by atoms with Crippen LogP contribution in [0.1, 0.15) is 6.92 Å². The average Bonchev–Trinajstić information content (AvgIpc) is 3.06. The maximum Gasteiger partial charge on any atom is 0.414 e. The second-order valence-electron chi connectivity index (χ2n) is 7.00. The number of nitrogens with zero attached hydrogens (tertiary/aromatic N) is 2. The Morgan fingerprint density at radius 2 is 2.14 bits per heavy atom. The number of cyclic esters (lactones) is 1. The number of aromatic nitrogens is 1. The molecule has 4 rings (SSSR count). The molecule has 0 aliphatic carbocycles. The first kappa shape index (κ1) is 19.2. The molecular formula is C21H21N4O3P. The molecule has 29 heavy (non-hydrogen) atoms. The summed E-state index contributed by atoms with van der Waals surface area (Å²) in [5.74, 6) is -0.150. The molecule has 1 aliphatic rings. The van der Waals surface area contributed by atoms with Crippen molar-refractivity contribution in [3.8, 4) is 11.1 Å². The van der Waals surface area contributed by atoms with E-state index in [-0.39, 0.29) is 12.0 Å². The number of carbonyl (C=O) groups excluding carboxylic acids is 2. The summed E-state index contributed by atoms with van der Waals surface area (Å²) in [7, 11) is 2.72. The van der Waals surface area contributed by atoms with E-state index in [0.717, 1.165) is 33.0 Å². The fourth-order valence-electron chi connectivity index (χ4n) is 3.36. The van der Waals surface area contributed by atoms with E-state index in [1.807, 2.05) is 42.6 Å². The van der Waals surface area contributed by atoms with Crippen LogP contribution >= 0.6 is 9.24 Å². The summed E-state index contributed by atoms with van der Waals surface area (Å²) in [5, 5.41) is 4.63. The lowest BCUT2D eigenvalue weighted by atomic mass is 10.0. The van der Waals surface area contributed by atoms with Crippen LogP contribution < -0.4 is 21.3 Å². The lowest BCUT2D eigenvalue weighted by Gasteiger charge is -2.16. The van der Waals surface area contributed by atoms with Crippen LogP contribution in [0.5, 0.6) is 0 Å². The van der Waals surface area contributed by atoms with Crippen molar-refractivity contribution in [1.29, 1.82) is 0 Å². The second-order valence-corrected chi connectivity index (χ2v) is 7.62. The lowest BCUT2D eigenvalue weighted by molar-refractivity contribution is -0.119. The third-order valence-corrected chi connectivity index (χ3v) is 5.30. The van der Waals surface area contributed by atoms with Crippen molar-refractivity contribution in [2.75, 3.05) is 23.7 Å². The molecule has 1 aliphatic heterocycles. The predicted octanol–water partition coefficient (Wildman–Crippen LogP) is 2.45. The Balaban J connectivity index is 1.57. The molecule has 2 amide bonds. The maximum atomic E-state index is 12.2. The van der Waals surface area contributed by atoms with Gasteiger partial charge in [0, 0.05) is 35.4 Å². The van der Waals surface area contributed by atoms with Gasteiger partial charge in [-0.25, -0.2) is 4.79 Å². The van der Waals surface area contributed by atoms with Crippen molar-refractivity contribution < 1.29 is 14.3 Å². The van der Waals surface area contributed by atoms with Gasteiger partial charge in [0.05, 0.1) is 18.6 Å². The number of pyridine rings is 1. The topological polar surface area (TPSA) is 97.5 Å². The minimum absolute atomic E-state index is 0.150. The molecule has 2 heterocycles. The summed E-state index contributed by atoms with van der Waals surface area (Å²) in [4.78, 5) is 29.4. The highest BCUT2D eigenvalue weighted by Gasteiger charge is 2.32. The Hall–Kier alpha value is -3.18. The van der Waals surface area contributed by atoms with Crippen molar-refractivity contribution in [3.63, 3.8) is 0 Å². The number of hydrogen-bond acceptors (Lipinski definition) is 5. The predicted molar refractivity (Wildman–Crippen MR) is 117 cm³/mol. The number of ether oxygens (including phenoxy) is 1. The SMILES string of the molecule is CC(=O)NCC1CN(c2ccc(-c3cnc4cc(N)ccc4c3)c(P)c2)C(=O)O1. The molecule has 148 valence electrons. The van der Waals surface area contributed by atoms with Crippen LogP contribution in [0.2, 0.25) is 0 Å². The highest BCUT2D eigenvalue weighted by atomic mass is 31.0. The van der Waals surface area contributed by atoms with Gasteiger partial charge >= 0.3 is 6.09 Å². The highest BCUT2D eigenvalue weighted by molar-refractivity contribution is 7.28. The first-order valence-corrected chi connectivity index (χ1v) is 9.76. The van der Waals surface area contributed by atoms with Crippen molar-refractivity contribution in [2.24, 2.45) is 0 Å². The lowest BCUT2D eigenvalue weighted by Crippen LogP contribution is -2.33. The third-order valence-electron chi connectivity index (χ3n) is 4.82. The zero-order valence-electron chi connectivity index (χ0n) is 15.9. The second kappa shape index (κ2) is 7.68. The number of benzene rings is 2. The Morgan fingerprint density at radius 3 is 2.90 bits per heavy atom. The van der Waals surface area contributed by atoms with E-state index in [4.69, 9.17) is 10.5 Å². The minimum atomic E-state index is -0.414. The number of carbonyl (C=O) groups is 2. The maximum absolute atomic E-state index is 12.2. The van der Waals surface area contributed by atoms with E-state index in [1.54, 1.807) is 4.90 Å². The zero-order valence-corrected chi connectivity index (χ0v) is 17.0. The molecule has 0 spiro atoms. The first-order chi connectivity index (χ1) is 13.9. The fourth-order valence-corrected chi connectivity index (χ4v) is 3.80. The average molecular weight is 408 g/mol. The van der Waals surface area contributed by atoms with E-state index in [1.165, 1.54) is 6.92 Å². The number of anilines is 2. The van der Waals surface area contributed by atoms with Crippen LogP contribution in [0.3, 0.4) is 0 Å². The van der Waals surface area contributed by atoms with Crippen molar-refractivity contribution in [1.82, 2.24) is 10.3 Å². The van der Waals surface area contributed by atoms with Gasteiger partial charge in [0.1, 0.15) is 6.10 Å². The largest absolute Gasteiger partial charge is 0.442 e. The molecular weight excluding hydrogens is 387 g/mol. The molecule has 3 aromatic rings. The van der Waals surface area contributed by atoms with E-state index in [9.17, 15) is 9.59 Å². The van der Waals surface area contributed by atoms with E-state index < -0.39 is 6.09 Å². The number of hydrogen-bond donors (Lipinski definition) is 2. The molecule has 1 saturated heterocycles. The fraction of sp³-hybridized carbons (Fsp3) is 0.190. The number of amides is 2. The summed E-state index contributed by atoms with van der Waals surface area (Å²) in [6, 6.07) is 13.5. The van der Waals surface area contributed by atoms with Gasteiger partial charge in [-0.05, 0) is 41.2 Å². The smallest absolute Gasteiger partial charge is 0.414 e. The summed E-state index contributed by atoms with van der Waals surface area (Å²) in [6.45, 7) is 2.13. The van der Waals surface area contributed by atoms with Crippen molar-refractivity contribution in [3.05, 3.63) is 48.7 Å². The highest BCUT2D eigenvalue weighted by Crippen LogP contribution is 2.28. The molecule has 3 N–H and O–H groups in total. The molecule has 0 saturated carbocycles. The monoisotopic (exact) mass is 408 g/mol. The Kier molecular flexibility index (Phi) is 5.07. The minimum Gasteiger partial charge on any atom is -0.442 e. The van der Waals surface area contributed by atoms with Gasteiger partial charge < -0.3 is 15.8 Å². The Bertz CT molecular complexity index is 1120. The number of rotatable bonds is 4. The van der Waals surface area contributed by atoms with Crippen molar-refractivity contribution >= 4 is 48.8 Å². The molecule has 2 unspecified atom stereocenters. The Labute approximate surface area is 170 Å². The molecule has 0 radical (unpaired) electrons. The molecule has 7 nitrogen and oxygen atoms in total. The molecule has 1 aromatic heterocycles. The van der Waals surface area contributed by atoms with Crippen LogP contribution in [-0.2, 0) is 9.53 Å². The molecule has 2 atom stereocenters. The summed E-state index contributed by atoms with van der Waals surface area (Å²) in [6.07, 6.45) is 1.04. The first-order valence-electron chi connectivity index (χ1n) is 9.18. The van der Waals surface area contributed by atoms with Gasteiger partial charge in [-0.15, -0.1) is 9.24 Å². The number of nitrogens with two attached hydrogens (primary N) is 1. The standard InChI is InChI=1S/C21H21N4O3P/c1-12(26)23-10-17-11-25(21(27)28-17)16-4-5-18(20(29)8-16)14-6-13-2-3-15(22)7-19(13)24-9-14/h2-9,17H,10-11,22,29H2,1H3,(H,23,26). The van der Waals surface area contributed by atoms with Crippen molar-refractivity contribution in [2.45, 2.75) is 13.0 Å². The quantitative estimate of drug-likeness (QED) is 0.511. The normalized spacial score (nSPS) is 16.1. The zero-order chi connectivity index (χ0) is 20.5. The van der Waals surface area contributed by atoms with Gasteiger partial charge in [-0.2, -0.15) is 0 Å². The number of fused-ring (bicyclic) bond motifs is 1. The van der Waals surface area contributed by atoms with Gasteiger partial charge in [0.15, 0.2) is 0 Å². The van der Waals surface area contributed by atoms with Gasteiger partial charge in [0.2, 0.25) is 5.91 Å². The van der Waals surface area contributed by atoms with Crippen LogP contribution in [0.15, 0.2) is 48.7 Å². The summed E-state index contributed by atoms with van der Waals surface area (Å²) in [5.41, 5.74) is 10.1. The summed E-state index contributed by atoms with van der Waals surface area (Å²) < 4.78 is 5.34. The van der Waals surface area contributed by atoms with Crippen LogP contribution in [0.4, 0.5) is 16.2 Å². The third kappa shape index (κ3) is 4.00. The summed E-state index contributed by atoms with van der Waals surface area (Å²) >= 11 is 0. The van der Waals surface area contributed by atoms with Gasteiger partial charge in [0.25, 0.3) is 0 Å². The van der Waals surface area contributed by atoms with E-state index >= 15 is 0 Å². The Morgan fingerprint density at radius 1 is 1.31 bits per heavy atom. The van der Waals surface area contributed by atoms with E-state index in [2.05, 4.69) is 25.6 Å². The van der Waals surface area contributed by atoms with Gasteiger partial charge in [-0.1, -0.05) is 12.1 Å². The molecule has 2 aromatic carbocycles. The molecule has 0 bridgehead atoms. The van der Waals surface area contributed by atoms with Crippen LogP contribution in [-0.4, -0.2) is 36.2 Å². The molecule has 1 fully saturated rings. The number of nitrogens with one attached hydrogen (secondary N) is 1. The van der Waals surface area contributed by atoms with Crippen LogP contribution in [0, 0.1) is 0 Å².